The Labute approximate surface area is 205 Å². The third-order valence-corrected chi connectivity index (χ3v) is 7.04. The SMILES string of the molecule is CCOC(=O)c1c(N=c2oc3ccccc3cc2C(=O)Nc2ccccc2F)sc2c1CCCC2. The molecule has 1 aliphatic carbocycles. The number of amides is 1. The van der Waals surface area contributed by atoms with E-state index >= 15 is 0 Å². The first-order chi connectivity index (χ1) is 17.0. The summed E-state index contributed by atoms with van der Waals surface area (Å²) in [4.78, 5) is 31.9. The number of rotatable bonds is 5. The molecule has 1 N–H and O–H groups in total. The van der Waals surface area contributed by atoms with E-state index in [-0.39, 0.29) is 23.4 Å². The van der Waals surface area contributed by atoms with Gasteiger partial charge in [0.1, 0.15) is 22.0 Å². The molecule has 2 aromatic heterocycles. The van der Waals surface area contributed by atoms with Gasteiger partial charge in [-0.3, -0.25) is 4.79 Å². The molecule has 0 unspecified atom stereocenters. The Morgan fingerprint density at radius 3 is 2.71 bits per heavy atom. The number of hydrogen-bond donors (Lipinski definition) is 1. The average molecular weight is 491 g/mol. The summed E-state index contributed by atoms with van der Waals surface area (Å²) in [6.07, 6.45) is 3.69. The Morgan fingerprint density at radius 2 is 1.89 bits per heavy atom. The molecule has 6 nitrogen and oxygen atoms in total. The first-order valence-electron chi connectivity index (χ1n) is 11.5. The zero-order valence-corrected chi connectivity index (χ0v) is 19.9. The summed E-state index contributed by atoms with van der Waals surface area (Å²) in [6, 6.07) is 14.8. The number of thiophene rings is 1. The van der Waals surface area contributed by atoms with Crippen molar-refractivity contribution >= 4 is 44.9 Å². The van der Waals surface area contributed by atoms with Crippen molar-refractivity contribution in [3.05, 3.63) is 87.5 Å². The normalized spacial score (nSPS) is 13.5. The molecule has 178 valence electrons. The van der Waals surface area contributed by atoms with Gasteiger partial charge in [-0.05, 0) is 62.4 Å². The van der Waals surface area contributed by atoms with Gasteiger partial charge in [0.25, 0.3) is 5.91 Å². The summed E-state index contributed by atoms with van der Waals surface area (Å²) in [7, 11) is 0. The van der Waals surface area contributed by atoms with Gasteiger partial charge in [0, 0.05) is 10.3 Å². The topological polar surface area (TPSA) is 80.9 Å². The molecule has 0 fully saturated rings. The monoisotopic (exact) mass is 490 g/mol. The van der Waals surface area contributed by atoms with E-state index in [1.807, 2.05) is 18.2 Å². The zero-order chi connectivity index (χ0) is 24.4. The average Bonchev–Trinajstić information content (AvgIpc) is 3.23. The minimum atomic E-state index is -0.567. The van der Waals surface area contributed by atoms with E-state index in [0.29, 0.717) is 21.5 Å². The van der Waals surface area contributed by atoms with Crippen molar-refractivity contribution in [1.29, 1.82) is 0 Å². The van der Waals surface area contributed by atoms with Crippen LogP contribution in [0.4, 0.5) is 15.1 Å². The van der Waals surface area contributed by atoms with Gasteiger partial charge < -0.3 is 14.5 Å². The van der Waals surface area contributed by atoms with Crippen LogP contribution in [0.1, 0.15) is 50.9 Å². The van der Waals surface area contributed by atoms with Gasteiger partial charge in [-0.15, -0.1) is 11.3 Å². The van der Waals surface area contributed by atoms with Crippen LogP contribution in [0.5, 0.6) is 0 Å². The molecule has 35 heavy (non-hydrogen) atoms. The summed E-state index contributed by atoms with van der Waals surface area (Å²) < 4.78 is 25.6. The number of ether oxygens (including phenoxy) is 1. The highest BCUT2D eigenvalue weighted by Gasteiger charge is 2.27. The molecule has 2 heterocycles. The number of halogens is 1. The minimum Gasteiger partial charge on any atom is -0.462 e. The number of esters is 1. The maximum atomic E-state index is 14.2. The second kappa shape index (κ2) is 9.84. The molecule has 5 rings (SSSR count). The predicted molar refractivity (Wildman–Crippen MR) is 133 cm³/mol. The molecule has 0 spiro atoms. The van der Waals surface area contributed by atoms with Crippen LogP contribution in [0.2, 0.25) is 0 Å². The third-order valence-electron chi connectivity index (χ3n) is 5.86. The predicted octanol–water partition coefficient (Wildman–Crippen LogP) is 6.17. The second-order valence-electron chi connectivity index (χ2n) is 8.16. The van der Waals surface area contributed by atoms with E-state index in [2.05, 4.69) is 10.3 Å². The minimum absolute atomic E-state index is 0.0432. The lowest BCUT2D eigenvalue weighted by Gasteiger charge is -2.11. The van der Waals surface area contributed by atoms with Gasteiger partial charge in [0.15, 0.2) is 0 Å². The second-order valence-corrected chi connectivity index (χ2v) is 9.24. The van der Waals surface area contributed by atoms with E-state index in [1.165, 1.54) is 23.5 Å². The van der Waals surface area contributed by atoms with E-state index < -0.39 is 17.7 Å². The highest BCUT2D eigenvalue weighted by Crippen LogP contribution is 2.40. The van der Waals surface area contributed by atoms with Crippen molar-refractivity contribution in [1.82, 2.24) is 0 Å². The number of aryl methyl sites for hydroxylation is 1. The third kappa shape index (κ3) is 4.61. The molecule has 0 saturated carbocycles. The van der Waals surface area contributed by atoms with Crippen LogP contribution in [-0.4, -0.2) is 18.5 Å². The van der Waals surface area contributed by atoms with Crippen molar-refractivity contribution in [3.8, 4) is 0 Å². The van der Waals surface area contributed by atoms with Gasteiger partial charge >= 0.3 is 5.97 Å². The fourth-order valence-electron chi connectivity index (χ4n) is 4.20. The summed E-state index contributed by atoms with van der Waals surface area (Å²) in [5.41, 5.74) is 2.17. The van der Waals surface area contributed by atoms with E-state index in [4.69, 9.17) is 9.15 Å². The number of carbonyl (C=O) groups is 2. The maximum absolute atomic E-state index is 14.2. The smallest absolute Gasteiger partial charge is 0.341 e. The van der Waals surface area contributed by atoms with Gasteiger partial charge in [-0.2, -0.15) is 0 Å². The van der Waals surface area contributed by atoms with Crippen molar-refractivity contribution in [2.45, 2.75) is 32.6 Å². The standard InChI is InChI=1S/C27H23FN2O4S/c1-2-33-27(32)23-17-10-4-8-14-22(17)35-26(23)30-25-18(15-16-9-3-7-13-21(16)34-25)24(31)29-20-12-6-5-11-19(20)28/h3,5-7,9,11-13,15H,2,4,8,10,14H2,1H3,(H,29,31). The fraction of sp³-hybridized carbons (Fsp3) is 0.222. The lowest BCUT2D eigenvalue weighted by atomic mass is 9.95. The van der Waals surface area contributed by atoms with Crippen LogP contribution in [0, 0.1) is 5.82 Å². The quantitative estimate of drug-likeness (QED) is 0.339. The number of hydrogen-bond acceptors (Lipinski definition) is 6. The lowest BCUT2D eigenvalue weighted by Crippen LogP contribution is -2.22. The molecule has 1 aliphatic rings. The van der Waals surface area contributed by atoms with Crippen molar-refractivity contribution < 1.29 is 23.1 Å². The molecule has 8 heteroatoms. The van der Waals surface area contributed by atoms with Gasteiger partial charge in [-0.1, -0.05) is 30.3 Å². The summed E-state index contributed by atoms with van der Waals surface area (Å²) >= 11 is 1.42. The Kier molecular flexibility index (Phi) is 6.46. The first-order valence-corrected chi connectivity index (χ1v) is 12.3. The van der Waals surface area contributed by atoms with Gasteiger partial charge in [-0.25, -0.2) is 14.2 Å². The van der Waals surface area contributed by atoms with Crippen LogP contribution in [0.3, 0.4) is 0 Å². The molecule has 0 radical (unpaired) electrons. The van der Waals surface area contributed by atoms with E-state index in [1.54, 1.807) is 31.2 Å². The maximum Gasteiger partial charge on any atom is 0.341 e. The van der Waals surface area contributed by atoms with Crippen LogP contribution in [0.15, 0.2) is 64.0 Å². The highest BCUT2D eigenvalue weighted by molar-refractivity contribution is 7.16. The lowest BCUT2D eigenvalue weighted by molar-refractivity contribution is 0.0526. The van der Waals surface area contributed by atoms with Crippen molar-refractivity contribution in [3.63, 3.8) is 0 Å². The van der Waals surface area contributed by atoms with Crippen LogP contribution in [0.25, 0.3) is 11.0 Å². The molecule has 4 aromatic rings. The summed E-state index contributed by atoms with van der Waals surface area (Å²) in [6.45, 7) is 2.01. The largest absolute Gasteiger partial charge is 0.462 e. The molecule has 0 saturated heterocycles. The molecule has 2 aromatic carbocycles. The molecule has 1 amide bonds. The number of nitrogens with zero attached hydrogens (tertiary/aromatic N) is 1. The Bertz CT molecular complexity index is 1500. The van der Waals surface area contributed by atoms with Crippen LogP contribution < -0.4 is 10.9 Å². The molecule has 0 bridgehead atoms. The van der Waals surface area contributed by atoms with Gasteiger partial charge in [0.2, 0.25) is 5.55 Å². The number of anilines is 1. The Balaban J connectivity index is 1.68. The molecular formula is C27H23FN2O4S. The zero-order valence-electron chi connectivity index (χ0n) is 19.1. The number of carbonyl (C=O) groups excluding carboxylic acids is 2. The number of benzene rings is 2. The number of fused-ring (bicyclic) bond motifs is 2. The Hall–Kier alpha value is -3.78. The fourth-order valence-corrected chi connectivity index (χ4v) is 5.45. The van der Waals surface area contributed by atoms with Crippen molar-refractivity contribution in [2.24, 2.45) is 4.99 Å². The van der Waals surface area contributed by atoms with E-state index in [9.17, 15) is 14.0 Å². The molecular weight excluding hydrogens is 467 g/mol. The highest BCUT2D eigenvalue weighted by atomic mass is 32.1. The molecule has 0 aliphatic heterocycles. The first kappa shape index (κ1) is 23.0. The Morgan fingerprint density at radius 1 is 1.11 bits per heavy atom. The molecule has 0 atom stereocenters. The van der Waals surface area contributed by atoms with Crippen LogP contribution >= 0.6 is 11.3 Å². The summed E-state index contributed by atoms with van der Waals surface area (Å²) in [5.74, 6) is -1.54. The number of nitrogens with one attached hydrogen (secondary N) is 1. The number of para-hydroxylation sites is 2. The van der Waals surface area contributed by atoms with Crippen LogP contribution in [-0.2, 0) is 17.6 Å². The summed E-state index contributed by atoms with van der Waals surface area (Å²) in [5, 5.41) is 3.75. The van der Waals surface area contributed by atoms with Crippen molar-refractivity contribution in [2.75, 3.05) is 11.9 Å². The van der Waals surface area contributed by atoms with Gasteiger partial charge in [0.05, 0.1) is 17.9 Å². The van der Waals surface area contributed by atoms with E-state index in [0.717, 1.165) is 36.1 Å².